The molecule has 1 aromatic carbocycles. The second-order valence-corrected chi connectivity index (χ2v) is 7.71. The summed E-state index contributed by atoms with van der Waals surface area (Å²) in [7, 11) is 0. The first-order chi connectivity index (χ1) is 10.7. The molecule has 4 nitrogen and oxygen atoms in total. The lowest BCUT2D eigenvalue weighted by molar-refractivity contribution is -0.121. The van der Waals surface area contributed by atoms with E-state index in [4.69, 9.17) is 4.74 Å². The molecule has 0 spiro atoms. The van der Waals surface area contributed by atoms with Crippen LogP contribution in [0.3, 0.4) is 0 Å². The third-order valence-electron chi connectivity index (χ3n) is 3.67. The van der Waals surface area contributed by atoms with Crippen molar-refractivity contribution in [2.24, 2.45) is 5.92 Å². The number of benzene rings is 1. The van der Waals surface area contributed by atoms with Crippen LogP contribution in [0.15, 0.2) is 22.7 Å². The van der Waals surface area contributed by atoms with Gasteiger partial charge in [-0.3, -0.25) is 4.79 Å². The zero-order valence-corrected chi connectivity index (χ0v) is 15.2. The molecule has 1 aliphatic heterocycles. The minimum absolute atomic E-state index is 0.0398. The summed E-state index contributed by atoms with van der Waals surface area (Å²) in [6, 6.07) is 4.56. The summed E-state index contributed by atoms with van der Waals surface area (Å²) >= 11 is 3.28. The van der Waals surface area contributed by atoms with Crippen LogP contribution in [-0.2, 0) is 16.0 Å². The minimum atomic E-state index is -0.557. The molecule has 23 heavy (non-hydrogen) atoms. The number of likely N-dealkylation sites (tertiary alicyclic amines) is 1. The summed E-state index contributed by atoms with van der Waals surface area (Å²) in [5, 5.41) is 0. The smallest absolute Gasteiger partial charge is 0.410 e. The Morgan fingerprint density at radius 3 is 2.74 bits per heavy atom. The highest BCUT2D eigenvalue weighted by Gasteiger charge is 2.33. The molecule has 1 unspecified atom stereocenters. The Labute approximate surface area is 144 Å². The van der Waals surface area contributed by atoms with Crippen molar-refractivity contribution < 1.29 is 18.7 Å². The van der Waals surface area contributed by atoms with Gasteiger partial charge in [-0.05, 0) is 51.0 Å². The van der Waals surface area contributed by atoms with Crippen LogP contribution in [-0.4, -0.2) is 35.5 Å². The van der Waals surface area contributed by atoms with Crippen LogP contribution in [0.1, 0.15) is 32.8 Å². The molecule has 126 valence electrons. The van der Waals surface area contributed by atoms with Crippen molar-refractivity contribution in [3.63, 3.8) is 0 Å². The van der Waals surface area contributed by atoms with Gasteiger partial charge in [0.05, 0.1) is 0 Å². The highest BCUT2D eigenvalue weighted by atomic mass is 79.9. The molecular formula is C17H21BrFNO3. The Hall–Kier alpha value is -1.43. The van der Waals surface area contributed by atoms with Gasteiger partial charge in [0.1, 0.15) is 17.2 Å². The van der Waals surface area contributed by atoms with Crippen molar-refractivity contribution in [2.75, 3.05) is 13.1 Å². The fourth-order valence-corrected chi connectivity index (χ4v) is 2.93. The first-order valence-corrected chi connectivity index (χ1v) is 8.39. The van der Waals surface area contributed by atoms with Gasteiger partial charge in [0.2, 0.25) is 0 Å². The molecule has 0 saturated carbocycles. The summed E-state index contributed by atoms with van der Waals surface area (Å²) in [6.07, 6.45) is 0.229. The van der Waals surface area contributed by atoms with Crippen molar-refractivity contribution in [3.8, 4) is 0 Å². The number of carbonyl (C=O) groups excluding carboxylic acids is 2. The Bertz CT molecular complexity index is 612. The van der Waals surface area contributed by atoms with Crippen LogP contribution in [0.25, 0.3) is 0 Å². The molecule has 1 amide bonds. The number of ketones is 1. The van der Waals surface area contributed by atoms with Crippen molar-refractivity contribution in [1.82, 2.24) is 4.90 Å². The topological polar surface area (TPSA) is 46.6 Å². The fraction of sp³-hybridized carbons (Fsp3) is 0.529. The highest BCUT2D eigenvalue weighted by molar-refractivity contribution is 9.10. The van der Waals surface area contributed by atoms with E-state index < -0.39 is 11.7 Å². The molecule has 1 atom stereocenters. The second-order valence-electron chi connectivity index (χ2n) is 6.79. The maximum Gasteiger partial charge on any atom is 0.410 e. The van der Waals surface area contributed by atoms with E-state index in [1.54, 1.807) is 37.8 Å². The van der Waals surface area contributed by atoms with Gasteiger partial charge in [-0.2, -0.15) is 0 Å². The van der Waals surface area contributed by atoms with Crippen molar-refractivity contribution in [1.29, 1.82) is 0 Å². The molecule has 0 bridgehead atoms. The number of rotatable bonds is 3. The van der Waals surface area contributed by atoms with E-state index in [1.807, 2.05) is 0 Å². The van der Waals surface area contributed by atoms with E-state index >= 15 is 0 Å². The predicted octanol–water partition coefficient (Wildman–Crippen LogP) is 3.96. The van der Waals surface area contributed by atoms with Crippen molar-refractivity contribution in [2.45, 2.75) is 39.2 Å². The van der Waals surface area contributed by atoms with Crippen LogP contribution in [0.4, 0.5) is 9.18 Å². The standard InChI is InChI=1S/C17H21BrFNO3/c1-17(2,3)23-16(22)20-7-6-11(10-20)15(21)9-12-8-13(18)4-5-14(12)19/h4-5,8,11H,6-7,9-10H2,1-3H3. The largest absolute Gasteiger partial charge is 0.444 e. The number of carbonyl (C=O) groups is 2. The number of Topliss-reactive ketones (excluding diaryl/α,β-unsaturated/α-hetero) is 1. The molecule has 0 N–H and O–H groups in total. The third kappa shape index (κ3) is 5.03. The maximum absolute atomic E-state index is 13.8. The summed E-state index contributed by atoms with van der Waals surface area (Å²) in [5.74, 6) is -0.697. The molecule has 1 aromatic rings. The summed E-state index contributed by atoms with van der Waals surface area (Å²) < 4.78 is 19.8. The van der Waals surface area contributed by atoms with E-state index in [-0.39, 0.29) is 23.9 Å². The van der Waals surface area contributed by atoms with E-state index in [9.17, 15) is 14.0 Å². The lowest BCUT2D eigenvalue weighted by Crippen LogP contribution is -2.36. The molecule has 1 aliphatic rings. The second kappa shape index (κ2) is 6.99. The fourth-order valence-electron chi connectivity index (χ4n) is 2.53. The van der Waals surface area contributed by atoms with E-state index in [2.05, 4.69) is 15.9 Å². The number of ether oxygens (including phenoxy) is 1. The Morgan fingerprint density at radius 1 is 1.39 bits per heavy atom. The molecule has 0 aromatic heterocycles. The van der Waals surface area contributed by atoms with Gasteiger partial charge in [0.25, 0.3) is 0 Å². The monoisotopic (exact) mass is 385 g/mol. The molecule has 6 heteroatoms. The SMILES string of the molecule is CC(C)(C)OC(=O)N1CCC(C(=O)Cc2cc(Br)ccc2F)C1. The lowest BCUT2D eigenvalue weighted by atomic mass is 9.97. The van der Waals surface area contributed by atoms with Gasteiger partial charge < -0.3 is 9.64 Å². The molecule has 2 rings (SSSR count). The lowest BCUT2D eigenvalue weighted by Gasteiger charge is -2.24. The highest BCUT2D eigenvalue weighted by Crippen LogP contribution is 2.23. The van der Waals surface area contributed by atoms with E-state index in [0.717, 1.165) is 4.47 Å². The zero-order chi connectivity index (χ0) is 17.2. The van der Waals surface area contributed by atoms with Gasteiger partial charge in [-0.25, -0.2) is 9.18 Å². The summed E-state index contributed by atoms with van der Waals surface area (Å²) in [5.41, 5.74) is -0.182. The average molecular weight is 386 g/mol. The van der Waals surface area contributed by atoms with Crippen LogP contribution in [0.5, 0.6) is 0 Å². The molecule has 1 saturated heterocycles. The molecular weight excluding hydrogens is 365 g/mol. The number of hydrogen-bond donors (Lipinski definition) is 0. The Kier molecular flexibility index (Phi) is 5.45. The number of nitrogens with zero attached hydrogens (tertiary/aromatic N) is 1. The number of halogens is 2. The Balaban J connectivity index is 1.95. The summed E-state index contributed by atoms with van der Waals surface area (Å²) in [4.78, 5) is 25.9. The summed E-state index contributed by atoms with van der Waals surface area (Å²) in [6.45, 7) is 6.24. The van der Waals surface area contributed by atoms with Crippen LogP contribution in [0, 0.1) is 11.7 Å². The van der Waals surface area contributed by atoms with Gasteiger partial charge in [-0.1, -0.05) is 15.9 Å². The van der Waals surface area contributed by atoms with Crippen molar-refractivity contribution >= 4 is 27.8 Å². The quantitative estimate of drug-likeness (QED) is 0.790. The minimum Gasteiger partial charge on any atom is -0.444 e. The zero-order valence-electron chi connectivity index (χ0n) is 13.6. The number of hydrogen-bond acceptors (Lipinski definition) is 3. The van der Waals surface area contributed by atoms with Crippen LogP contribution >= 0.6 is 15.9 Å². The molecule has 1 fully saturated rings. The van der Waals surface area contributed by atoms with Gasteiger partial charge >= 0.3 is 6.09 Å². The van der Waals surface area contributed by atoms with Gasteiger partial charge in [-0.15, -0.1) is 0 Å². The van der Waals surface area contributed by atoms with Gasteiger partial charge in [0.15, 0.2) is 0 Å². The average Bonchev–Trinajstić information content (AvgIpc) is 2.91. The van der Waals surface area contributed by atoms with E-state index in [0.29, 0.717) is 25.1 Å². The van der Waals surface area contributed by atoms with Crippen LogP contribution < -0.4 is 0 Å². The predicted molar refractivity (Wildman–Crippen MR) is 88.7 cm³/mol. The first kappa shape index (κ1) is 17.9. The number of amides is 1. The normalized spacial score (nSPS) is 18.1. The van der Waals surface area contributed by atoms with Crippen molar-refractivity contribution in [3.05, 3.63) is 34.1 Å². The molecule has 1 heterocycles. The molecule has 0 radical (unpaired) electrons. The Morgan fingerprint density at radius 2 is 2.09 bits per heavy atom. The maximum atomic E-state index is 13.8. The third-order valence-corrected chi connectivity index (χ3v) is 4.16. The van der Waals surface area contributed by atoms with E-state index in [1.165, 1.54) is 6.07 Å². The van der Waals surface area contributed by atoms with Crippen LogP contribution in [0.2, 0.25) is 0 Å². The molecule has 0 aliphatic carbocycles. The van der Waals surface area contributed by atoms with Gasteiger partial charge in [0, 0.05) is 29.9 Å². The first-order valence-electron chi connectivity index (χ1n) is 7.60.